The molecule has 2 aromatic heterocycles. The highest BCUT2D eigenvalue weighted by Gasteiger charge is 2.23. The van der Waals surface area contributed by atoms with E-state index < -0.39 is 0 Å². The van der Waals surface area contributed by atoms with Gasteiger partial charge in [0.05, 0.1) is 36.0 Å². The Labute approximate surface area is 153 Å². The number of aromatic nitrogens is 3. The molecular weight excluding hydrogens is 334 g/mol. The van der Waals surface area contributed by atoms with Crippen LogP contribution in [0.5, 0.6) is 0 Å². The minimum absolute atomic E-state index is 0.0316. The van der Waals surface area contributed by atoms with Gasteiger partial charge in [0.15, 0.2) is 5.76 Å². The van der Waals surface area contributed by atoms with Crippen LogP contribution in [0.2, 0.25) is 0 Å². The molecule has 3 heterocycles. The average molecular weight is 359 g/mol. The van der Waals surface area contributed by atoms with Gasteiger partial charge in [-0.1, -0.05) is 5.16 Å². The molecule has 0 N–H and O–H groups in total. The van der Waals surface area contributed by atoms with Crippen LogP contribution in [0.4, 0.5) is 5.95 Å². The number of hydrogen-bond donors (Lipinski definition) is 0. The van der Waals surface area contributed by atoms with E-state index in [-0.39, 0.29) is 12.0 Å². The second-order valence-electron chi connectivity index (χ2n) is 6.85. The molecule has 1 atom stereocenters. The van der Waals surface area contributed by atoms with Crippen molar-refractivity contribution in [1.29, 1.82) is 0 Å². The molecule has 140 valence electrons. The number of amides is 1. The first-order valence-corrected chi connectivity index (χ1v) is 8.76. The van der Waals surface area contributed by atoms with E-state index >= 15 is 0 Å². The van der Waals surface area contributed by atoms with Gasteiger partial charge in [-0.25, -0.2) is 9.97 Å². The van der Waals surface area contributed by atoms with E-state index in [1.165, 1.54) is 0 Å². The quantitative estimate of drug-likeness (QED) is 0.780. The summed E-state index contributed by atoms with van der Waals surface area (Å²) < 4.78 is 10.9. The van der Waals surface area contributed by atoms with Gasteiger partial charge >= 0.3 is 0 Å². The SMILES string of the molecule is Cc1cc(-c2cnc(N(C)C)nc2CN(C)C(=O)C[C@@H]2CCCO2)on1. The fraction of sp³-hybridized carbons (Fsp3) is 0.556. The minimum Gasteiger partial charge on any atom is -0.378 e. The van der Waals surface area contributed by atoms with E-state index in [4.69, 9.17) is 9.26 Å². The van der Waals surface area contributed by atoms with Crippen LogP contribution >= 0.6 is 0 Å². The van der Waals surface area contributed by atoms with Crippen molar-refractivity contribution in [3.05, 3.63) is 23.7 Å². The number of anilines is 1. The summed E-state index contributed by atoms with van der Waals surface area (Å²) in [5.74, 6) is 1.23. The van der Waals surface area contributed by atoms with E-state index in [2.05, 4.69) is 15.1 Å². The Bertz CT molecular complexity index is 768. The predicted molar refractivity (Wildman–Crippen MR) is 96.7 cm³/mol. The van der Waals surface area contributed by atoms with Crippen LogP contribution in [-0.4, -0.2) is 59.8 Å². The maximum absolute atomic E-state index is 12.5. The molecule has 3 rings (SSSR count). The van der Waals surface area contributed by atoms with Crippen molar-refractivity contribution in [2.45, 2.75) is 38.8 Å². The van der Waals surface area contributed by atoms with Crippen molar-refractivity contribution < 1.29 is 14.1 Å². The first-order valence-electron chi connectivity index (χ1n) is 8.76. The van der Waals surface area contributed by atoms with Gasteiger partial charge in [-0.2, -0.15) is 0 Å². The summed E-state index contributed by atoms with van der Waals surface area (Å²) in [5, 5.41) is 3.94. The Morgan fingerprint density at radius 2 is 2.15 bits per heavy atom. The number of hydrogen-bond acceptors (Lipinski definition) is 7. The summed E-state index contributed by atoms with van der Waals surface area (Å²) >= 11 is 0. The number of aryl methyl sites for hydroxylation is 1. The molecular formula is C18H25N5O3. The van der Waals surface area contributed by atoms with Crippen LogP contribution in [0, 0.1) is 6.92 Å². The Morgan fingerprint density at radius 1 is 1.35 bits per heavy atom. The average Bonchev–Trinajstić information content (AvgIpc) is 3.26. The molecule has 0 bridgehead atoms. The number of nitrogens with zero attached hydrogens (tertiary/aromatic N) is 5. The summed E-state index contributed by atoms with van der Waals surface area (Å²) in [6, 6.07) is 1.84. The molecule has 0 radical (unpaired) electrons. The van der Waals surface area contributed by atoms with Gasteiger partial charge in [0.1, 0.15) is 0 Å². The molecule has 1 aliphatic rings. The Morgan fingerprint density at radius 3 is 2.77 bits per heavy atom. The lowest BCUT2D eigenvalue weighted by molar-refractivity contribution is -0.132. The molecule has 1 aliphatic heterocycles. The third-order valence-corrected chi connectivity index (χ3v) is 4.39. The molecule has 8 nitrogen and oxygen atoms in total. The highest BCUT2D eigenvalue weighted by molar-refractivity contribution is 5.76. The van der Waals surface area contributed by atoms with Crippen LogP contribution in [0.15, 0.2) is 16.8 Å². The van der Waals surface area contributed by atoms with E-state index in [1.807, 2.05) is 32.0 Å². The van der Waals surface area contributed by atoms with Crippen LogP contribution < -0.4 is 4.90 Å². The van der Waals surface area contributed by atoms with Crippen molar-refractivity contribution in [3.8, 4) is 11.3 Å². The fourth-order valence-corrected chi connectivity index (χ4v) is 2.91. The number of rotatable bonds is 6. The summed E-state index contributed by atoms with van der Waals surface area (Å²) in [7, 11) is 5.54. The molecule has 0 unspecified atom stereocenters. The predicted octanol–water partition coefficient (Wildman–Crippen LogP) is 2.03. The monoisotopic (exact) mass is 359 g/mol. The van der Waals surface area contributed by atoms with Crippen molar-refractivity contribution in [2.75, 3.05) is 32.6 Å². The van der Waals surface area contributed by atoms with Gasteiger partial charge < -0.3 is 19.1 Å². The Hall–Kier alpha value is -2.48. The smallest absolute Gasteiger partial charge is 0.225 e. The van der Waals surface area contributed by atoms with Crippen LogP contribution in [0.25, 0.3) is 11.3 Å². The summed E-state index contributed by atoms with van der Waals surface area (Å²) in [6.07, 6.45) is 4.12. The zero-order chi connectivity index (χ0) is 18.7. The van der Waals surface area contributed by atoms with E-state index in [0.717, 1.165) is 36.4 Å². The van der Waals surface area contributed by atoms with E-state index in [0.29, 0.717) is 24.7 Å². The van der Waals surface area contributed by atoms with Crippen molar-refractivity contribution in [2.24, 2.45) is 0 Å². The molecule has 1 fully saturated rings. The number of ether oxygens (including phenoxy) is 1. The molecule has 8 heteroatoms. The number of carbonyl (C=O) groups is 1. The van der Waals surface area contributed by atoms with Gasteiger partial charge in [-0.05, 0) is 19.8 Å². The van der Waals surface area contributed by atoms with Crippen molar-refractivity contribution in [3.63, 3.8) is 0 Å². The van der Waals surface area contributed by atoms with Crippen LogP contribution in [-0.2, 0) is 16.1 Å². The molecule has 0 aliphatic carbocycles. The van der Waals surface area contributed by atoms with Crippen LogP contribution in [0.3, 0.4) is 0 Å². The van der Waals surface area contributed by atoms with Crippen molar-refractivity contribution in [1.82, 2.24) is 20.0 Å². The first-order chi connectivity index (χ1) is 12.4. The lowest BCUT2D eigenvalue weighted by Crippen LogP contribution is -2.30. The summed E-state index contributed by atoms with van der Waals surface area (Å²) in [6.45, 7) is 2.97. The summed E-state index contributed by atoms with van der Waals surface area (Å²) in [5.41, 5.74) is 2.25. The Balaban J connectivity index is 1.81. The second-order valence-corrected chi connectivity index (χ2v) is 6.85. The second kappa shape index (κ2) is 7.82. The molecule has 0 aromatic carbocycles. The topological polar surface area (TPSA) is 84.6 Å². The molecule has 0 saturated carbocycles. The maximum atomic E-state index is 12.5. The zero-order valence-electron chi connectivity index (χ0n) is 15.7. The van der Waals surface area contributed by atoms with Gasteiger partial charge in [0, 0.05) is 40.0 Å². The molecule has 1 amide bonds. The molecule has 2 aromatic rings. The highest BCUT2D eigenvalue weighted by Crippen LogP contribution is 2.25. The fourth-order valence-electron chi connectivity index (χ4n) is 2.91. The minimum atomic E-state index is 0.0316. The van der Waals surface area contributed by atoms with Gasteiger partial charge in [0.25, 0.3) is 0 Å². The molecule has 1 saturated heterocycles. The van der Waals surface area contributed by atoms with E-state index in [1.54, 1.807) is 18.1 Å². The highest BCUT2D eigenvalue weighted by atomic mass is 16.5. The maximum Gasteiger partial charge on any atom is 0.225 e. The zero-order valence-corrected chi connectivity index (χ0v) is 15.7. The summed E-state index contributed by atoms with van der Waals surface area (Å²) in [4.78, 5) is 25.0. The normalized spacial score (nSPS) is 16.7. The van der Waals surface area contributed by atoms with Gasteiger partial charge in [-0.15, -0.1) is 0 Å². The van der Waals surface area contributed by atoms with Crippen LogP contribution in [0.1, 0.15) is 30.7 Å². The van der Waals surface area contributed by atoms with Crippen molar-refractivity contribution >= 4 is 11.9 Å². The largest absolute Gasteiger partial charge is 0.378 e. The lowest BCUT2D eigenvalue weighted by Gasteiger charge is -2.21. The van der Waals surface area contributed by atoms with Gasteiger partial charge in [0.2, 0.25) is 11.9 Å². The number of carbonyl (C=O) groups excluding carboxylic acids is 1. The first kappa shape index (κ1) is 18.3. The standard InChI is InChI=1S/C18H25N5O3/c1-12-8-16(26-21-12)14-10-19-18(22(2)3)20-15(14)11-23(4)17(24)9-13-6-5-7-25-13/h8,10,13H,5-7,9,11H2,1-4H3/t13-/m0/s1. The van der Waals surface area contributed by atoms with E-state index in [9.17, 15) is 4.79 Å². The molecule has 26 heavy (non-hydrogen) atoms. The third kappa shape index (κ3) is 4.19. The lowest BCUT2D eigenvalue weighted by atomic mass is 10.1. The molecule has 0 spiro atoms. The van der Waals surface area contributed by atoms with Gasteiger partial charge in [-0.3, -0.25) is 4.79 Å². The Kier molecular flexibility index (Phi) is 5.51. The third-order valence-electron chi connectivity index (χ3n) is 4.39.